The van der Waals surface area contributed by atoms with Gasteiger partial charge in [0.05, 0.1) is 24.9 Å². The Balaban J connectivity index is 0.00000729. The smallest absolute Gasteiger partial charge is 0.450 e. The summed E-state index contributed by atoms with van der Waals surface area (Å²) in [5.74, 6) is -0.249. The number of guanidine groups is 1. The van der Waals surface area contributed by atoms with Crippen LogP contribution in [0.5, 0.6) is 5.75 Å². The Morgan fingerprint density at radius 2 is 1.93 bits per heavy atom. The molecule has 4 N–H and O–H groups in total. The van der Waals surface area contributed by atoms with Crippen LogP contribution in [0.3, 0.4) is 0 Å². The average molecular weight is 518 g/mol. The van der Waals surface area contributed by atoms with E-state index in [9.17, 15) is 18.0 Å². The van der Waals surface area contributed by atoms with Crippen LogP contribution in [0.15, 0.2) is 29.3 Å². The maximum Gasteiger partial charge on any atom is 0.573 e. The minimum atomic E-state index is -4.82. The van der Waals surface area contributed by atoms with Gasteiger partial charge in [-0.3, -0.25) is 4.99 Å². The van der Waals surface area contributed by atoms with Gasteiger partial charge in [-0.1, -0.05) is 26.0 Å². The van der Waals surface area contributed by atoms with Crippen molar-refractivity contribution in [2.45, 2.75) is 39.6 Å². The summed E-state index contributed by atoms with van der Waals surface area (Å²) < 4.78 is 46.2. The lowest BCUT2D eigenvalue weighted by atomic mass is 10.0. The van der Waals surface area contributed by atoms with E-state index in [2.05, 4.69) is 20.4 Å². The zero-order chi connectivity index (χ0) is 20.4. The lowest BCUT2D eigenvalue weighted by Gasteiger charge is -2.19. The predicted molar refractivity (Wildman–Crippen MR) is 112 cm³/mol. The standard InChI is InChI=1S/C17H25F3N4O3.HI/c1-4-26-16(25)23-12(9-11(2)3)10-22-15(21)24-13-7-5-6-8-14(13)27-17(18,19)20;/h5-8,11-12H,4,9-10H2,1-3H3,(H,23,25)(H3,21,22,24);1H. The Hall–Kier alpha value is -1.92. The van der Waals surface area contributed by atoms with Gasteiger partial charge >= 0.3 is 12.5 Å². The first-order chi connectivity index (χ1) is 12.6. The maximum atomic E-state index is 12.5. The molecule has 0 heterocycles. The summed E-state index contributed by atoms with van der Waals surface area (Å²) in [6.07, 6.45) is -4.76. The van der Waals surface area contributed by atoms with E-state index in [1.165, 1.54) is 18.2 Å². The van der Waals surface area contributed by atoms with E-state index in [0.29, 0.717) is 6.42 Å². The number of alkyl carbamates (subject to hydrolysis) is 1. The number of hydrogen-bond donors (Lipinski definition) is 3. The fourth-order valence-corrected chi connectivity index (χ4v) is 2.26. The lowest BCUT2D eigenvalue weighted by molar-refractivity contribution is -0.274. The summed E-state index contributed by atoms with van der Waals surface area (Å²) >= 11 is 0. The van der Waals surface area contributed by atoms with Gasteiger partial charge in [-0.25, -0.2) is 4.79 Å². The summed E-state index contributed by atoms with van der Waals surface area (Å²) in [5.41, 5.74) is 5.79. The molecule has 1 aromatic carbocycles. The molecule has 0 saturated carbocycles. The number of hydrogen-bond acceptors (Lipinski definition) is 4. The molecule has 1 rings (SSSR count). The van der Waals surface area contributed by atoms with Gasteiger partial charge in [0.2, 0.25) is 0 Å². The molecule has 1 aromatic rings. The Labute approximate surface area is 179 Å². The number of halogens is 4. The van der Waals surface area contributed by atoms with Gasteiger partial charge < -0.3 is 25.8 Å². The topological polar surface area (TPSA) is 98.0 Å². The van der Waals surface area contributed by atoms with Crippen molar-refractivity contribution in [2.24, 2.45) is 16.6 Å². The molecule has 0 bridgehead atoms. The molecule has 7 nitrogen and oxygen atoms in total. The first-order valence-corrected chi connectivity index (χ1v) is 8.45. The van der Waals surface area contributed by atoms with Crippen LogP contribution in [0.25, 0.3) is 0 Å². The largest absolute Gasteiger partial charge is 0.573 e. The zero-order valence-electron chi connectivity index (χ0n) is 15.9. The van der Waals surface area contributed by atoms with Gasteiger partial charge in [0.15, 0.2) is 11.7 Å². The second kappa shape index (κ2) is 12.5. The molecule has 0 aliphatic heterocycles. The third kappa shape index (κ3) is 11.0. The second-order valence-corrected chi connectivity index (χ2v) is 6.09. The van der Waals surface area contributed by atoms with Gasteiger partial charge in [-0.2, -0.15) is 0 Å². The van der Waals surface area contributed by atoms with Crippen LogP contribution in [0.2, 0.25) is 0 Å². The normalized spacial score (nSPS) is 12.8. The number of nitrogens with zero attached hydrogens (tertiary/aromatic N) is 1. The molecule has 28 heavy (non-hydrogen) atoms. The van der Waals surface area contributed by atoms with Crippen molar-refractivity contribution in [2.75, 3.05) is 18.5 Å². The molecule has 0 aliphatic carbocycles. The number of aliphatic imine (C=N–C) groups is 1. The van der Waals surface area contributed by atoms with Crippen molar-refractivity contribution >= 4 is 41.7 Å². The van der Waals surface area contributed by atoms with Crippen molar-refractivity contribution in [1.82, 2.24) is 5.32 Å². The van der Waals surface area contributed by atoms with E-state index in [-0.39, 0.29) is 60.7 Å². The third-order valence-corrected chi connectivity index (χ3v) is 3.21. The Kier molecular flexibility index (Phi) is 11.7. The molecule has 1 unspecified atom stereocenters. The molecule has 1 amide bonds. The zero-order valence-corrected chi connectivity index (χ0v) is 18.2. The van der Waals surface area contributed by atoms with Gasteiger partial charge in [0.25, 0.3) is 0 Å². The maximum absolute atomic E-state index is 12.5. The highest BCUT2D eigenvalue weighted by atomic mass is 127. The predicted octanol–water partition coefficient (Wildman–Crippen LogP) is 4.09. The molecule has 0 radical (unpaired) electrons. The lowest BCUT2D eigenvalue weighted by Crippen LogP contribution is -2.39. The van der Waals surface area contributed by atoms with Crippen molar-refractivity contribution < 1.29 is 27.4 Å². The fraction of sp³-hybridized carbons (Fsp3) is 0.529. The SMILES string of the molecule is CCOC(=O)NC(CN=C(N)Nc1ccccc1OC(F)(F)F)CC(C)C.I. The third-order valence-electron chi connectivity index (χ3n) is 3.21. The number of anilines is 1. The Morgan fingerprint density at radius 1 is 1.29 bits per heavy atom. The first-order valence-electron chi connectivity index (χ1n) is 8.45. The summed E-state index contributed by atoms with van der Waals surface area (Å²) in [5, 5.41) is 5.26. The van der Waals surface area contributed by atoms with Crippen LogP contribution < -0.4 is 21.1 Å². The van der Waals surface area contributed by atoms with Crippen LogP contribution in [0.1, 0.15) is 27.2 Å². The summed E-state index contributed by atoms with van der Waals surface area (Å²) in [7, 11) is 0. The number of carbonyl (C=O) groups excluding carboxylic acids is 1. The summed E-state index contributed by atoms with van der Waals surface area (Å²) in [6.45, 7) is 6.03. The molecule has 0 aromatic heterocycles. The van der Waals surface area contributed by atoms with E-state index < -0.39 is 18.2 Å². The van der Waals surface area contributed by atoms with Crippen molar-refractivity contribution in [3.05, 3.63) is 24.3 Å². The highest BCUT2D eigenvalue weighted by molar-refractivity contribution is 14.0. The quantitative estimate of drug-likeness (QED) is 0.274. The van der Waals surface area contributed by atoms with Gasteiger partial charge in [0, 0.05) is 0 Å². The summed E-state index contributed by atoms with van der Waals surface area (Å²) in [6, 6.07) is 5.15. The highest BCUT2D eigenvalue weighted by Crippen LogP contribution is 2.29. The van der Waals surface area contributed by atoms with Gasteiger partial charge in [0.1, 0.15) is 0 Å². The first kappa shape index (κ1) is 26.1. The van der Waals surface area contributed by atoms with E-state index in [0.717, 1.165) is 6.07 Å². The number of amides is 1. The molecular formula is C17H26F3IN4O3. The molecule has 11 heteroatoms. The van der Waals surface area contributed by atoms with Crippen LogP contribution in [-0.4, -0.2) is 37.6 Å². The van der Waals surface area contributed by atoms with Crippen LogP contribution in [-0.2, 0) is 4.74 Å². The van der Waals surface area contributed by atoms with E-state index in [1.54, 1.807) is 6.92 Å². The number of nitrogens with one attached hydrogen (secondary N) is 2. The Bertz CT molecular complexity index is 642. The van der Waals surface area contributed by atoms with Crippen LogP contribution in [0.4, 0.5) is 23.7 Å². The number of benzene rings is 1. The van der Waals surface area contributed by atoms with E-state index in [4.69, 9.17) is 10.5 Å². The van der Waals surface area contributed by atoms with Gasteiger partial charge in [-0.15, -0.1) is 37.1 Å². The number of ether oxygens (including phenoxy) is 2. The second-order valence-electron chi connectivity index (χ2n) is 6.09. The molecule has 160 valence electrons. The van der Waals surface area contributed by atoms with Crippen molar-refractivity contribution in [3.63, 3.8) is 0 Å². The number of rotatable bonds is 8. The molecule has 0 saturated heterocycles. The van der Waals surface area contributed by atoms with Gasteiger partial charge in [-0.05, 0) is 31.4 Å². The molecule has 0 spiro atoms. The summed E-state index contributed by atoms with van der Waals surface area (Å²) in [4.78, 5) is 15.7. The van der Waals surface area contributed by atoms with E-state index >= 15 is 0 Å². The van der Waals surface area contributed by atoms with Crippen molar-refractivity contribution in [1.29, 1.82) is 0 Å². The monoisotopic (exact) mass is 518 g/mol. The number of alkyl halides is 3. The molecule has 1 atom stereocenters. The average Bonchev–Trinajstić information content (AvgIpc) is 2.53. The minimum absolute atomic E-state index is 0. The highest BCUT2D eigenvalue weighted by Gasteiger charge is 2.32. The fourth-order valence-electron chi connectivity index (χ4n) is 2.26. The van der Waals surface area contributed by atoms with E-state index in [1.807, 2.05) is 13.8 Å². The number of nitrogens with two attached hydrogens (primary N) is 1. The molecule has 0 aliphatic rings. The van der Waals surface area contributed by atoms with Crippen LogP contribution in [0, 0.1) is 5.92 Å². The minimum Gasteiger partial charge on any atom is -0.450 e. The molecular weight excluding hydrogens is 492 g/mol. The van der Waals surface area contributed by atoms with Crippen molar-refractivity contribution in [3.8, 4) is 5.75 Å². The Morgan fingerprint density at radius 3 is 2.50 bits per heavy atom. The van der Waals surface area contributed by atoms with Crippen LogP contribution >= 0.6 is 24.0 Å². The number of para-hydroxylation sites is 2. The number of carbonyl (C=O) groups is 1. The molecule has 0 fully saturated rings.